The first-order valence-corrected chi connectivity index (χ1v) is 25.6. The molecule has 0 amide bonds. The maximum Gasteiger partial charge on any atom is 0.00369 e. The van der Waals surface area contributed by atoms with Gasteiger partial charge >= 0.3 is 0 Å². The van der Waals surface area contributed by atoms with E-state index in [0.717, 1.165) is 0 Å². The van der Waals surface area contributed by atoms with Crippen molar-refractivity contribution in [2.24, 2.45) is 0 Å². The average molecular weight is 711 g/mol. The zero-order valence-corrected chi connectivity index (χ0v) is 35.6. The number of unbranched alkanes of at least 4 members (excludes halogenated alkanes) is 40. The van der Waals surface area contributed by atoms with E-state index in [0.29, 0.717) is 0 Å². The molecule has 0 aromatic heterocycles. The van der Waals surface area contributed by atoms with Gasteiger partial charge in [-0.3, -0.25) is 0 Å². The Bertz CT molecular complexity index is 474. The second kappa shape index (κ2) is 47.7. The highest BCUT2D eigenvalue weighted by Gasteiger charge is 1.98. The first-order chi connectivity index (χ1) is 23.9. The quantitative estimate of drug-likeness (QED) is 0.0456. The molecule has 0 nitrogen and oxygen atoms in total. The van der Waals surface area contributed by atoms with Crippen LogP contribution in [0.15, 0.2) is 0 Å². The van der Waals surface area contributed by atoms with Crippen molar-refractivity contribution in [3.05, 3.63) is 0 Å². The van der Waals surface area contributed by atoms with Gasteiger partial charge in [-0.2, -0.15) is 0 Å². The van der Waals surface area contributed by atoms with Crippen LogP contribution in [0, 0.1) is 0 Å². The van der Waals surface area contributed by atoms with Crippen LogP contribution in [0.1, 0.15) is 284 Å². The average Bonchev–Trinajstić information content (AvgIpc) is 3.10. The van der Waals surface area contributed by atoms with Crippen molar-refractivity contribution in [1.82, 2.24) is 0 Å². The molecular weight excluding hydrogens is 617 g/mol. The Hall–Kier alpha value is 0.700. The summed E-state index contributed by atoms with van der Waals surface area (Å²) in [7, 11) is 4.30. The van der Waals surface area contributed by atoms with Gasteiger partial charge in [-0.05, 0) is 12.8 Å². The molecule has 2 heteroatoms. The summed E-state index contributed by atoms with van der Waals surface area (Å²) >= 11 is 0. The number of hydrogen-bond acceptors (Lipinski definition) is 2. The summed E-state index contributed by atoms with van der Waals surface area (Å²) < 4.78 is 0. The molecular formula is C46H94S2. The summed E-state index contributed by atoms with van der Waals surface area (Å²) in [6.07, 6.45) is 62.0. The summed E-state index contributed by atoms with van der Waals surface area (Å²) in [4.78, 5) is 0. The molecule has 0 rings (SSSR count). The number of rotatable bonds is 45. The fraction of sp³-hybridized carbons (Fsp3) is 1.00. The molecule has 0 bridgehead atoms. The van der Waals surface area contributed by atoms with Gasteiger partial charge in [-0.25, -0.2) is 0 Å². The zero-order chi connectivity index (χ0) is 34.5. The van der Waals surface area contributed by atoms with Crippen LogP contribution in [0.2, 0.25) is 0 Å². The topological polar surface area (TPSA) is 0 Å². The molecule has 0 saturated heterocycles. The minimum Gasteiger partial charge on any atom is -0.0942 e. The van der Waals surface area contributed by atoms with Crippen molar-refractivity contribution in [2.45, 2.75) is 284 Å². The van der Waals surface area contributed by atoms with E-state index >= 15 is 0 Å². The molecule has 0 aliphatic heterocycles. The van der Waals surface area contributed by atoms with Gasteiger partial charge < -0.3 is 0 Å². The summed E-state index contributed by atoms with van der Waals surface area (Å²) in [5.74, 6) is 2.76. The molecule has 290 valence electrons. The van der Waals surface area contributed by atoms with Crippen molar-refractivity contribution in [3.63, 3.8) is 0 Å². The van der Waals surface area contributed by atoms with Gasteiger partial charge in [0, 0.05) is 11.5 Å². The Morgan fingerprint density at radius 2 is 0.292 bits per heavy atom. The standard InChI is InChI=1S/C46H94S2/c1-3-5-7-9-11-13-15-17-19-21-23-25-27-29-31-33-35-37-39-41-43-45-47-48-46-44-42-40-38-36-34-32-30-28-26-24-22-20-18-16-14-12-10-8-6-4-2/h3-46H2,1-2H3. The maximum absolute atomic E-state index is 2.31. The summed E-state index contributed by atoms with van der Waals surface area (Å²) in [6.45, 7) is 4.62. The van der Waals surface area contributed by atoms with Crippen LogP contribution in [0.4, 0.5) is 0 Å². The lowest BCUT2D eigenvalue weighted by Gasteiger charge is -2.05. The van der Waals surface area contributed by atoms with Crippen molar-refractivity contribution in [1.29, 1.82) is 0 Å². The molecule has 0 spiro atoms. The van der Waals surface area contributed by atoms with E-state index in [2.05, 4.69) is 35.4 Å². The second-order valence-corrected chi connectivity index (χ2v) is 18.5. The molecule has 0 fully saturated rings. The molecule has 0 aromatic carbocycles. The van der Waals surface area contributed by atoms with Crippen molar-refractivity contribution in [2.75, 3.05) is 11.5 Å². The van der Waals surface area contributed by atoms with Gasteiger partial charge in [0.25, 0.3) is 0 Å². The van der Waals surface area contributed by atoms with Crippen molar-refractivity contribution < 1.29 is 0 Å². The zero-order valence-electron chi connectivity index (χ0n) is 33.9. The van der Waals surface area contributed by atoms with E-state index in [1.54, 1.807) is 0 Å². The van der Waals surface area contributed by atoms with E-state index in [1.165, 1.54) is 281 Å². The normalized spacial score (nSPS) is 11.6. The Balaban J connectivity index is 3.04. The van der Waals surface area contributed by atoms with Crippen molar-refractivity contribution in [3.8, 4) is 0 Å². The van der Waals surface area contributed by atoms with E-state index in [1.807, 2.05) is 0 Å². The van der Waals surface area contributed by atoms with Crippen LogP contribution < -0.4 is 0 Å². The van der Waals surface area contributed by atoms with Crippen LogP contribution in [0.3, 0.4) is 0 Å². The molecule has 48 heavy (non-hydrogen) atoms. The monoisotopic (exact) mass is 711 g/mol. The second-order valence-electron chi connectivity index (χ2n) is 15.8. The predicted molar refractivity (Wildman–Crippen MR) is 230 cm³/mol. The van der Waals surface area contributed by atoms with E-state index < -0.39 is 0 Å². The summed E-state index contributed by atoms with van der Waals surface area (Å²) in [6, 6.07) is 0. The van der Waals surface area contributed by atoms with E-state index in [4.69, 9.17) is 0 Å². The predicted octanol–water partition coefficient (Wildman–Crippen LogP) is 18.8. The van der Waals surface area contributed by atoms with Gasteiger partial charge in [-0.15, -0.1) is 0 Å². The lowest BCUT2D eigenvalue weighted by Crippen LogP contribution is -1.85. The highest BCUT2D eigenvalue weighted by atomic mass is 33.1. The van der Waals surface area contributed by atoms with Crippen LogP contribution in [0.25, 0.3) is 0 Å². The SMILES string of the molecule is CCCCCCCCCCCCCCCCCCCCCCCSSCCCCCCCCCCCCCCCCCCCCCCC. The van der Waals surface area contributed by atoms with Gasteiger partial charge in [0.15, 0.2) is 0 Å². The molecule has 0 saturated carbocycles. The first kappa shape index (κ1) is 48.7. The molecule has 0 aliphatic carbocycles. The summed E-state index contributed by atoms with van der Waals surface area (Å²) in [5, 5.41) is 0. The molecule has 0 radical (unpaired) electrons. The van der Waals surface area contributed by atoms with Gasteiger partial charge in [-0.1, -0.05) is 292 Å². The van der Waals surface area contributed by atoms with Gasteiger partial charge in [0.05, 0.1) is 0 Å². The third-order valence-corrected chi connectivity index (χ3v) is 13.3. The molecule has 0 heterocycles. The maximum atomic E-state index is 2.31. The first-order valence-electron chi connectivity index (χ1n) is 23.2. The fourth-order valence-electron chi connectivity index (χ4n) is 7.30. The molecule has 0 N–H and O–H groups in total. The van der Waals surface area contributed by atoms with Crippen LogP contribution in [0.5, 0.6) is 0 Å². The lowest BCUT2D eigenvalue weighted by molar-refractivity contribution is 0.521. The van der Waals surface area contributed by atoms with Gasteiger partial charge in [0.2, 0.25) is 0 Å². The smallest absolute Gasteiger partial charge is 0.00369 e. The molecule has 0 aromatic rings. The molecule has 0 aliphatic rings. The Labute approximate surface area is 315 Å². The Morgan fingerprint density at radius 1 is 0.167 bits per heavy atom. The van der Waals surface area contributed by atoms with E-state index in [9.17, 15) is 0 Å². The Kier molecular flexibility index (Phi) is 48.4. The largest absolute Gasteiger partial charge is 0.0942 e. The minimum atomic E-state index is 1.37. The van der Waals surface area contributed by atoms with E-state index in [-0.39, 0.29) is 0 Å². The van der Waals surface area contributed by atoms with Crippen LogP contribution >= 0.6 is 21.6 Å². The highest BCUT2D eigenvalue weighted by molar-refractivity contribution is 8.76. The lowest BCUT2D eigenvalue weighted by atomic mass is 10.0. The fourth-order valence-corrected chi connectivity index (χ4v) is 9.60. The molecule has 0 unspecified atom stereocenters. The Morgan fingerprint density at radius 3 is 0.438 bits per heavy atom. The van der Waals surface area contributed by atoms with Gasteiger partial charge in [0.1, 0.15) is 0 Å². The highest BCUT2D eigenvalue weighted by Crippen LogP contribution is 2.25. The number of hydrogen-bond donors (Lipinski definition) is 0. The van der Waals surface area contributed by atoms with Crippen molar-refractivity contribution >= 4 is 21.6 Å². The van der Waals surface area contributed by atoms with Crippen LogP contribution in [-0.4, -0.2) is 11.5 Å². The third-order valence-electron chi connectivity index (χ3n) is 10.7. The minimum absolute atomic E-state index is 1.37. The summed E-state index contributed by atoms with van der Waals surface area (Å²) in [5.41, 5.74) is 0. The van der Waals surface area contributed by atoms with Crippen LogP contribution in [-0.2, 0) is 0 Å². The third kappa shape index (κ3) is 46.7. The molecule has 0 atom stereocenters.